The van der Waals surface area contributed by atoms with Gasteiger partial charge in [-0.2, -0.15) is 0 Å². The first-order valence-corrected chi connectivity index (χ1v) is 9.36. The van der Waals surface area contributed by atoms with Crippen LogP contribution in [0.3, 0.4) is 0 Å². The molecule has 1 aromatic carbocycles. The summed E-state index contributed by atoms with van der Waals surface area (Å²) in [5.41, 5.74) is 0. The van der Waals surface area contributed by atoms with Gasteiger partial charge in [-0.25, -0.2) is 4.98 Å². The molecular formula is C18H15BrN2O2S. The van der Waals surface area contributed by atoms with Crippen molar-refractivity contribution in [2.24, 2.45) is 0 Å². The highest BCUT2D eigenvalue weighted by atomic mass is 79.9. The van der Waals surface area contributed by atoms with Gasteiger partial charge in [0.1, 0.15) is 6.10 Å². The number of nitrogens with zero attached hydrogens (tertiary/aromatic N) is 2. The second kappa shape index (κ2) is 6.53. The first-order chi connectivity index (χ1) is 11.7. The van der Waals surface area contributed by atoms with E-state index in [0.717, 1.165) is 25.9 Å². The number of hydrogen-bond acceptors (Lipinski definition) is 4. The number of halogens is 1. The monoisotopic (exact) mass is 402 g/mol. The molecule has 1 amide bonds. The predicted octanol–water partition coefficient (Wildman–Crippen LogP) is 4.35. The Bertz CT molecular complexity index is 845. The number of hydrogen-bond donors (Lipinski definition) is 0. The molecule has 2 aromatic heterocycles. The van der Waals surface area contributed by atoms with Crippen molar-refractivity contribution in [3.63, 3.8) is 0 Å². The van der Waals surface area contributed by atoms with E-state index in [2.05, 4.69) is 20.9 Å². The summed E-state index contributed by atoms with van der Waals surface area (Å²) in [5.74, 6) is 0.686. The van der Waals surface area contributed by atoms with Crippen LogP contribution in [-0.4, -0.2) is 35.0 Å². The first-order valence-electron chi connectivity index (χ1n) is 7.75. The largest absolute Gasteiger partial charge is 0.472 e. The molecule has 0 bridgehead atoms. The fourth-order valence-corrected chi connectivity index (χ4v) is 4.12. The van der Waals surface area contributed by atoms with Crippen molar-refractivity contribution in [1.29, 1.82) is 0 Å². The van der Waals surface area contributed by atoms with Crippen LogP contribution in [0.2, 0.25) is 0 Å². The van der Waals surface area contributed by atoms with Gasteiger partial charge in [0.25, 0.3) is 5.91 Å². The van der Waals surface area contributed by atoms with Crippen LogP contribution >= 0.6 is 27.3 Å². The van der Waals surface area contributed by atoms with Crippen molar-refractivity contribution >= 4 is 43.3 Å². The second-order valence-corrected chi connectivity index (χ2v) is 7.74. The van der Waals surface area contributed by atoms with Gasteiger partial charge in [-0.15, -0.1) is 11.3 Å². The number of fused-ring (bicyclic) bond motifs is 1. The quantitative estimate of drug-likeness (QED) is 0.653. The molecule has 0 saturated carbocycles. The molecule has 4 nitrogen and oxygen atoms in total. The lowest BCUT2D eigenvalue weighted by molar-refractivity contribution is 0.0776. The highest BCUT2D eigenvalue weighted by Gasteiger charge is 2.29. The van der Waals surface area contributed by atoms with Gasteiger partial charge in [-0.1, -0.05) is 18.2 Å². The number of amides is 1. The van der Waals surface area contributed by atoms with E-state index in [9.17, 15) is 4.79 Å². The molecule has 1 fully saturated rings. The molecule has 6 heteroatoms. The first kappa shape index (κ1) is 15.6. The Morgan fingerprint density at radius 1 is 1.29 bits per heavy atom. The number of rotatable bonds is 3. The third-order valence-corrected chi connectivity index (χ3v) is 5.63. The molecule has 1 aliphatic rings. The van der Waals surface area contributed by atoms with Crippen molar-refractivity contribution in [2.45, 2.75) is 12.5 Å². The molecule has 0 spiro atoms. The molecule has 0 aliphatic carbocycles. The van der Waals surface area contributed by atoms with Crippen LogP contribution < -0.4 is 4.74 Å². The van der Waals surface area contributed by atoms with Gasteiger partial charge >= 0.3 is 0 Å². The van der Waals surface area contributed by atoms with Crippen LogP contribution in [0.5, 0.6) is 5.88 Å². The molecule has 24 heavy (non-hydrogen) atoms. The highest BCUT2D eigenvalue weighted by Crippen LogP contribution is 2.28. The SMILES string of the molecule is O=C(c1cc2ccccc2s1)N1CCC(Oc2ccc(Br)cn2)C1. The van der Waals surface area contributed by atoms with Crippen molar-refractivity contribution in [3.05, 3.63) is 58.0 Å². The lowest BCUT2D eigenvalue weighted by Gasteiger charge is -2.16. The summed E-state index contributed by atoms with van der Waals surface area (Å²) in [6.45, 7) is 1.32. The minimum atomic E-state index is -0.00277. The molecular weight excluding hydrogens is 388 g/mol. The van der Waals surface area contributed by atoms with E-state index < -0.39 is 0 Å². The van der Waals surface area contributed by atoms with Gasteiger partial charge in [-0.3, -0.25) is 4.79 Å². The fourth-order valence-electron chi connectivity index (χ4n) is 2.85. The Labute approximate surface area is 152 Å². The zero-order valence-electron chi connectivity index (χ0n) is 12.8. The standard InChI is InChI=1S/C18H15BrN2O2S/c19-13-5-6-17(20-10-13)23-14-7-8-21(11-14)18(22)16-9-12-3-1-2-4-15(12)24-16/h1-6,9-10,14H,7-8,11H2. The van der Waals surface area contributed by atoms with Crippen molar-refractivity contribution in [1.82, 2.24) is 9.88 Å². The van der Waals surface area contributed by atoms with E-state index in [4.69, 9.17) is 4.74 Å². The van der Waals surface area contributed by atoms with Crippen molar-refractivity contribution < 1.29 is 9.53 Å². The number of carbonyl (C=O) groups excluding carboxylic acids is 1. The molecule has 1 atom stereocenters. The number of carbonyl (C=O) groups is 1. The number of benzene rings is 1. The Morgan fingerprint density at radius 3 is 2.96 bits per heavy atom. The van der Waals surface area contributed by atoms with E-state index in [0.29, 0.717) is 19.0 Å². The van der Waals surface area contributed by atoms with Gasteiger partial charge in [0, 0.05) is 34.4 Å². The van der Waals surface area contributed by atoms with Gasteiger partial charge in [0.2, 0.25) is 5.88 Å². The van der Waals surface area contributed by atoms with Crippen LogP contribution in [0, 0.1) is 0 Å². The lowest BCUT2D eigenvalue weighted by atomic mass is 10.2. The third kappa shape index (κ3) is 3.16. The van der Waals surface area contributed by atoms with E-state index in [1.165, 1.54) is 0 Å². The van der Waals surface area contributed by atoms with Crippen molar-refractivity contribution in [2.75, 3.05) is 13.1 Å². The van der Waals surface area contributed by atoms with Gasteiger partial charge < -0.3 is 9.64 Å². The van der Waals surface area contributed by atoms with Crippen LogP contribution in [0.25, 0.3) is 10.1 Å². The average Bonchev–Trinajstić information content (AvgIpc) is 3.23. The summed E-state index contributed by atoms with van der Waals surface area (Å²) in [7, 11) is 0. The minimum Gasteiger partial charge on any atom is -0.472 e. The molecule has 0 radical (unpaired) electrons. The Balaban J connectivity index is 1.44. The number of pyridine rings is 1. The normalized spacial score (nSPS) is 17.4. The maximum atomic E-state index is 12.7. The number of ether oxygens (including phenoxy) is 1. The topological polar surface area (TPSA) is 42.4 Å². The highest BCUT2D eigenvalue weighted by molar-refractivity contribution is 9.10. The molecule has 4 rings (SSSR count). The smallest absolute Gasteiger partial charge is 0.264 e. The summed E-state index contributed by atoms with van der Waals surface area (Å²) >= 11 is 4.91. The fraction of sp³-hybridized carbons (Fsp3) is 0.222. The average molecular weight is 403 g/mol. The number of aromatic nitrogens is 1. The Kier molecular flexibility index (Phi) is 4.24. The summed E-state index contributed by atoms with van der Waals surface area (Å²) < 4.78 is 7.95. The maximum absolute atomic E-state index is 12.7. The minimum absolute atomic E-state index is 0.00277. The summed E-state index contributed by atoms with van der Waals surface area (Å²) in [6, 6.07) is 13.8. The molecule has 1 aliphatic heterocycles. The zero-order chi connectivity index (χ0) is 16.5. The number of likely N-dealkylation sites (tertiary alicyclic amines) is 1. The second-order valence-electron chi connectivity index (χ2n) is 5.74. The molecule has 1 unspecified atom stereocenters. The molecule has 1 saturated heterocycles. The van der Waals surface area contributed by atoms with Crippen molar-refractivity contribution in [3.8, 4) is 5.88 Å². The van der Waals surface area contributed by atoms with E-state index in [1.807, 2.05) is 47.4 Å². The van der Waals surface area contributed by atoms with E-state index in [-0.39, 0.29) is 12.0 Å². The third-order valence-electron chi connectivity index (χ3n) is 4.06. The predicted molar refractivity (Wildman–Crippen MR) is 98.7 cm³/mol. The van der Waals surface area contributed by atoms with Gasteiger partial charge in [0.05, 0.1) is 11.4 Å². The van der Waals surface area contributed by atoms with Gasteiger partial charge in [0.15, 0.2) is 0 Å². The molecule has 122 valence electrons. The lowest BCUT2D eigenvalue weighted by Crippen LogP contribution is -2.30. The van der Waals surface area contributed by atoms with Gasteiger partial charge in [-0.05, 0) is 39.5 Å². The molecule has 3 aromatic rings. The zero-order valence-corrected chi connectivity index (χ0v) is 15.2. The maximum Gasteiger partial charge on any atom is 0.264 e. The van der Waals surface area contributed by atoms with Crippen LogP contribution in [0.15, 0.2) is 53.1 Å². The Morgan fingerprint density at radius 2 is 2.17 bits per heavy atom. The van der Waals surface area contributed by atoms with E-state index in [1.54, 1.807) is 17.5 Å². The van der Waals surface area contributed by atoms with Crippen LogP contribution in [0.1, 0.15) is 16.1 Å². The molecule has 3 heterocycles. The number of thiophene rings is 1. The summed E-state index contributed by atoms with van der Waals surface area (Å²) in [5, 5.41) is 1.12. The van der Waals surface area contributed by atoms with Crippen LogP contribution in [-0.2, 0) is 0 Å². The van der Waals surface area contributed by atoms with E-state index >= 15 is 0 Å². The Hall–Kier alpha value is -1.92. The molecule has 0 N–H and O–H groups in total. The van der Waals surface area contributed by atoms with Crippen LogP contribution in [0.4, 0.5) is 0 Å². The summed E-state index contributed by atoms with van der Waals surface area (Å²) in [4.78, 5) is 19.6. The summed E-state index contributed by atoms with van der Waals surface area (Å²) in [6.07, 6.45) is 2.54.